The topological polar surface area (TPSA) is 34.1 Å². The zero-order valence-corrected chi connectivity index (χ0v) is 11.9. The monoisotopic (exact) mass is 312 g/mol. The summed E-state index contributed by atoms with van der Waals surface area (Å²) in [7, 11) is 0. The zero-order valence-electron chi connectivity index (χ0n) is 9.50. The van der Waals surface area contributed by atoms with Gasteiger partial charge in [0, 0.05) is 17.6 Å². The number of nitrogens with zero attached hydrogens (tertiary/aromatic N) is 1. The molecule has 2 aromatic rings. The third-order valence-corrected chi connectivity index (χ3v) is 4.44. The lowest BCUT2D eigenvalue weighted by atomic mass is 10.0. The van der Waals surface area contributed by atoms with Gasteiger partial charge in [-0.05, 0) is 25.1 Å². The second-order valence-electron chi connectivity index (χ2n) is 4.56. The lowest BCUT2D eigenvalue weighted by Gasteiger charge is -2.38. The fourth-order valence-corrected chi connectivity index (χ4v) is 3.04. The summed E-state index contributed by atoms with van der Waals surface area (Å²) in [6, 6.07) is 6.18. The van der Waals surface area contributed by atoms with E-state index in [2.05, 4.69) is 39.2 Å². The number of hydrogen-bond acceptors (Lipinski definition) is 4. The molecule has 0 spiro atoms. The highest BCUT2D eigenvalue weighted by Crippen LogP contribution is 2.27. The van der Waals surface area contributed by atoms with Gasteiger partial charge in [-0.2, -0.15) is 0 Å². The minimum Gasteiger partial charge on any atom is -0.365 e. The van der Waals surface area contributed by atoms with Gasteiger partial charge in [-0.15, -0.1) is 11.3 Å². The predicted octanol–water partition coefficient (Wildman–Crippen LogP) is 2.94. The summed E-state index contributed by atoms with van der Waals surface area (Å²) in [5.74, 6) is 0. The molecule has 17 heavy (non-hydrogen) atoms. The van der Waals surface area contributed by atoms with Crippen LogP contribution in [0.15, 0.2) is 22.7 Å². The molecule has 90 valence electrons. The van der Waals surface area contributed by atoms with E-state index in [4.69, 9.17) is 4.74 Å². The first kappa shape index (κ1) is 11.6. The van der Waals surface area contributed by atoms with Crippen LogP contribution in [-0.2, 0) is 11.3 Å². The van der Waals surface area contributed by atoms with Crippen molar-refractivity contribution in [1.29, 1.82) is 0 Å². The van der Waals surface area contributed by atoms with Gasteiger partial charge in [0.1, 0.15) is 5.01 Å². The highest BCUT2D eigenvalue weighted by atomic mass is 79.9. The summed E-state index contributed by atoms with van der Waals surface area (Å²) in [5.41, 5.74) is 1.04. The summed E-state index contributed by atoms with van der Waals surface area (Å²) in [5, 5.41) is 4.27. The second kappa shape index (κ2) is 4.31. The van der Waals surface area contributed by atoms with Crippen LogP contribution < -0.4 is 5.32 Å². The van der Waals surface area contributed by atoms with E-state index in [1.165, 1.54) is 4.70 Å². The normalized spacial score (nSPS) is 18.2. The quantitative estimate of drug-likeness (QED) is 0.946. The lowest BCUT2D eigenvalue weighted by molar-refractivity contribution is -0.0767. The molecule has 5 heteroatoms. The van der Waals surface area contributed by atoms with E-state index >= 15 is 0 Å². The smallest absolute Gasteiger partial charge is 0.120 e. The fourth-order valence-electron chi connectivity index (χ4n) is 1.83. The van der Waals surface area contributed by atoms with Crippen LogP contribution in [0.1, 0.15) is 11.9 Å². The maximum atomic E-state index is 5.88. The molecule has 1 N–H and O–H groups in total. The number of hydrogen-bond donors (Lipinski definition) is 1. The molecule has 1 fully saturated rings. The van der Waals surface area contributed by atoms with Crippen molar-refractivity contribution >= 4 is 37.5 Å². The van der Waals surface area contributed by atoms with Gasteiger partial charge in [-0.25, -0.2) is 4.98 Å². The fraction of sp³-hybridized carbons (Fsp3) is 0.417. The lowest BCUT2D eigenvalue weighted by Crippen LogP contribution is -2.58. The highest BCUT2D eigenvalue weighted by molar-refractivity contribution is 9.10. The molecule has 0 saturated carbocycles. The minimum atomic E-state index is -0.00155. The number of nitrogens with one attached hydrogen (secondary N) is 1. The summed E-state index contributed by atoms with van der Waals surface area (Å²) in [6.45, 7) is 4.61. The molecule has 1 aliphatic rings. The molecule has 1 aromatic carbocycles. The summed E-state index contributed by atoms with van der Waals surface area (Å²) in [4.78, 5) is 4.58. The molecule has 0 amide bonds. The second-order valence-corrected chi connectivity index (χ2v) is 6.59. The van der Waals surface area contributed by atoms with E-state index in [-0.39, 0.29) is 5.60 Å². The van der Waals surface area contributed by atoms with Crippen LogP contribution in [0.3, 0.4) is 0 Å². The zero-order chi connectivity index (χ0) is 11.9. The van der Waals surface area contributed by atoms with E-state index < -0.39 is 0 Å². The van der Waals surface area contributed by atoms with Crippen LogP contribution in [0.5, 0.6) is 0 Å². The van der Waals surface area contributed by atoms with E-state index in [9.17, 15) is 0 Å². The van der Waals surface area contributed by atoms with Crippen LogP contribution in [0.25, 0.3) is 10.2 Å². The first-order valence-electron chi connectivity index (χ1n) is 5.54. The molecule has 3 rings (SSSR count). The van der Waals surface area contributed by atoms with Gasteiger partial charge in [0.15, 0.2) is 0 Å². The van der Waals surface area contributed by atoms with Crippen molar-refractivity contribution in [3.8, 4) is 0 Å². The van der Waals surface area contributed by atoms with Crippen molar-refractivity contribution in [3.05, 3.63) is 27.7 Å². The number of thiazole rings is 1. The average molecular weight is 313 g/mol. The minimum absolute atomic E-state index is 0.00155. The Morgan fingerprint density at radius 1 is 1.53 bits per heavy atom. The SMILES string of the molecule is CC1(OCc2nc3cc(Br)ccc3s2)CNC1. The van der Waals surface area contributed by atoms with Crippen LogP contribution in [-0.4, -0.2) is 23.7 Å². The van der Waals surface area contributed by atoms with Gasteiger partial charge in [0.25, 0.3) is 0 Å². The van der Waals surface area contributed by atoms with Gasteiger partial charge < -0.3 is 10.1 Å². The van der Waals surface area contributed by atoms with Crippen LogP contribution in [0.4, 0.5) is 0 Å². The van der Waals surface area contributed by atoms with Crippen LogP contribution in [0, 0.1) is 0 Å². The molecule has 1 aromatic heterocycles. The molecule has 2 heterocycles. The number of fused-ring (bicyclic) bond motifs is 1. The van der Waals surface area contributed by atoms with Crippen LogP contribution >= 0.6 is 27.3 Å². The molecule has 0 atom stereocenters. The Labute approximate surface area is 112 Å². The Hall–Kier alpha value is -0.490. The first-order chi connectivity index (χ1) is 8.15. The number of benzene rings is 1. The molecule has 0 aliphatic carbocycles. The van der Waals surface area contributed by atoms with Gasteiger partial charge in [0.2, 0.25) is 0 Å². The van der Waals surface area contributed by atoms with E-state index in [0.717, 1.165) is 28.1 Å². The van der Waals surface area contributed by atoms with Crippen LogP contribution in [0.2, 0.25) is 0 Å². The Kier molecular flexibility index (Phi) is 2.94. The third-order valence-electron chi connectivity index (χ3n) is 2.94. The molecular weight excluding hydrogens is 300 g/mol. The Morgan fingerprint density at radius 3 is 3.06 bits per heavy atom. The van der Waals surface area contributed by atoms with Crippen molar-refractivity contribution in [1.82, 2.24) is 10.3 Å². The van der Waals surface area contributed by atoms with Crippen molar-refractivity contribution < 1.29 is 4.74 Å². The van der Waals surface area contributed by atoms with Crippen molar-refractivity contribution in [2.24, 2.45) is 0 Å². The average Bonchev–Trinajstić information content (AvgIpc) is 2.65. The number of halogens is 1. The summed E-state index contributed by atoms with van der Waals surface area (Å²) >= 11 is 5.16. The molecule has 0 radical (unpaired) electrons. The Morgan fingerprint density at radius 2 is 2.35 bits per heavy atom. The molecule has 3 nitrogen and oxygen atoms in total. The maximum absolute atomic E-state index is 5.88. The van der Waals surface area contributed by atoms with Gasteiger partial charge in [0.05, 0.1) is 22.4 Å². The van der Waals surface area contributed by atoms with Gasteiger partial charge in [-0.1, -0.05) is 15.9 Å². The largest absolute Gasteiger partial charge is 0.365 e. The maximum Gasteiger partial charge on any atom is 0.120 e. The summed E-state index contributed by atoms with van der Waals surface area (Å²) in [6.07, 6.45) is 0. The molecule has 0 bridgehead atoms. The number of ether oxygens (including phenoxy) is 1. The standard InChI is InChI=1S/C12H13BrN2OS/c1-12(6-14-7-12)16-5-11-15-9-4-8(13)2-3-10(9)17-11/h2-4,14H,5-7H2,1H3. The van der Waals surface area contributed by atoms with Gasteiger partial charge in [-0.3, -0.25) is 0 Å². The molecule has 1 aliphatic heterocycles. The molecule has 1 saturated heterocycles. The van der Waals surface area contributed by atoms with Crippen molar-refractivity contribution in [2.45, 2.75) is 19.1 Å². The number of aromatic nitrogens is 1. The number of rotatable bonds is 3. The predicted molar refractivity (Wildman–Crippen MR) is 73.4 cm³/mol. The van der Waals surface area contributed by atoms with Crippen molar-refractivity contribution in [3.63, 3.8) is 0 Å². The van der Waals surface area contributed by atoms with E-state index in [0.29, 0.717) is 6.61 Å². The van der Waals surface area contributed by atoms with Gasteiger partial charge >= 0.3 is 0 Å². The Bertz CT molecular complexity index is 550. The highest BCUT2D eigenvalue weighted by Gasteiger charge is 2.32. The first-order valence-corrected chi connectivity index (χ1v) is 7.15. The van der Waals surface area contributed by atoms with Crippen molar-refractivity contribution in [2.75, 3.05) is 13.1 Å². The Balaban J connectivity index is 1.76. The molecule has 0 unspecified atom stereocenters. The molecular formula is C12H13BrN2OS. The third kappa shape index (κ3) is 2.38. The van der Waals surface area contributed by atoms with E-state index in [1.807, 2.05) is 12.1 Å². The van der Waals surface area contributed by atoms with E-state index in [1.54, 1.807) is 11.3 Å². The summed E-state index contributed by atoms with van der Waals surface area (Å²) < 4.78 is 8.16.